The minimum absolute atomic E-state index is 0.00221. The third-order valence-electron chi connectivity index (χ3n) is 5.46. The number of nitrogens with zero attached hydrogens (tertiary/aromatic N) is 1. The summed E-state index contributed by atoms with van der Waals surface area (Å²) in [5.74, 6) is 0.0621. The number of ether oxygens (including phenoxy) is 2. The number of hydrogen-bond donors (Lipinski definition) is 2. The number of rotatable bonds is 8. The van der Waals surface area contributed by atoms with Crippen LogP contribution in [0.3, 0.4) is 0 Å². The summed E-state index contributed by atoms with van der Waals surface area (Å²) in [7, 11) is 3.07. The number of fused-ring (bicyclic) bond motifs is 1. The summed E-state index contributed by atoms with van der Waals surface area (Å²) < 4.78 is 10.7. The number of amides is 2. The average molecular weight is 480 g/mol. The largest absolute Gasteiger partial charge is 0.497 e. The molecule has 0 aliphatic heterocycles. The molecule has 0 unspecified atom stereocenters. The van der Waals surface area contributed by atoms with Crippen LogP contribution in [0.4, 0.5) is 0 Å². The van der Waals surface area contributed by atoms with Crippen molar-refractivity contribution in [3.05, 3.63) is 113 Å². The van der Waals surface area contributed by atoms with E-state index in [-0.39, 0.29) is 5.70 Å². The third-order valence-corrected chi connectivity index (χ3v) is 5.46. The smallest absolute Gasteiger partial charge is 0.287 e. The highest BCUT2D eigenvalue weighted by atomic mass is 16.5. The molecule has 0 bridgehead atoms. The van der Waals surface area contributed by atoms with Gasteiger partial charge >= 0.3 is 0 Å². The Balaban J connectivity index is 1.62. The van der Waals surface area contributed by atoms with Gasteiger partial charge in [-0.2, -0.15) is 5.10 Å². The highest BCUT2D eigenvalue weighted by molar-refractivity contribution is 6.06. The molecule has 4 aromatic carbocycles. The molecule has 36 heavy (non-hydrogen) atoms. The maximum atomic E-state index is 13.1. The van der Waals surface area contributed by atoms with E-state index in [0.29, 0.717) is 22.6 Å². The lowest BCUT2D eigenvalue weighted by Gasteiger charge is -2.11. The van der Waals surface area contributed by atoms with Crippen LogP contribution in [0, 0.1) is 0 Å². The van der Waals surface area contributed by atoms with Crippen LogP contribution in [-0.2, 0) is 4.79 Å². The first kappa shape index (κ1) is 24.2. The minimum atomic E-state index is -0.589. The fraction of sp³-hybridized carbons (Fsp3) is 0.0690. The van der Waals surface area contributed by atoms with Crippen LogP contribution in [-0.4, -0.2) is 32.2 Å². The lowest BCUT2D eigenvalue weighted by Crippen LogP contribution is -2.32. The van der Waals surface area contributed by atoms with Crippen molar-refractivity contribution in [1.29, 1.82) is 0 Å². The Morgan fingerprint density at radius 3 is 2.33 bits per heavy atom. The van der Waals surface area contributed by atoms with Gasteiger partial charge in [-0.25, -0.2) is 5.43 Å². The van der Waals surface area contributed by atoms with Gasteiger partial charge in [0.25, 0.3) is 11.8 Å². The Labute approximate surface area is 209 Å². The molecule has 0 aliphatic carbocycles. The summed E-state index contributed by atoms with van der Waals surface area (Å²) in [6.45, 7) is 0. The maximum absolute atomic E-state index is 13.1. The quantitative estimate of drug-likeness (QED) is 0.216. The van der Waals surface area contributed by atoms with Gasteiger partial charge in [0.2, 0.25) is 0 Å². The van der Waals surface area contributed by atoms with E-state index < -0.39 is 11.8 Å². The molecular formula is C29H25N3O4. The molecule has 7 nitrogen and oxygen atoms in total. The van der Waals surface area contributed by atoms with E-state index in [1.807, 2.05) is 48.5 Å². The van der Waals surface area contributed by atoms with E-state index in [1.54, 1.807) is 55.8 Å². The Morgan fingerprint density at radius 1 is 0.806 bits per heavy atom. The fourth-order valence-corrected chi connectivity index (χ4v) is 3.62. The number of methoxy groups -OCH3 is 2. The van der Waals surface area contributed by atoms with E-state index in [0.717, 1.165) is 16.3 Å². The molecule has 7 heteroatoms. The summed E-state index contributed by atoms with van der Waals surface area (Å²) in [5, 5.41) is 8.90. The van der Waals surface area contributed by atoms with Crippen LogP contribution in [0.1, 0.15) is 21.5 Å². The van der Waals surface area contributed by atoms with Crippen molar-refractivity contribution < 1.29 is 19.1 Å². The summed E-state index contributed by atoms with van der Waals surface area (Å²) in [4.78, 5) is 25.9. The van der Waals surface area contributed by atoms with Crippen LogP contribution in [0.25, 0.3) is 16.8 Å². The number of carbonyl (C=O) groups is 2. The fourth-order valence-electron chi connectivity index (χ4n) is 3.62. The molecule has 180 valence electrons. The second kappa shape index (κ2) is 11.5. The number of hydrazone groups is 1. The molecule has 2 N–H and O–H groups in total. The molecule has 0 atom stereocenters. The van der Waals surface area contributed by atoms with E-state index in [2.05, 4.69) is 15.8 Å². The highest BCUT2D eigenvalue weighted by Crippen LogP contribution is 2.26. The molecule has 0 aliphatic rings. The lowest BCUT2D eigenvalue weighted by atomic mass is 10.1. The molecule has 0 saturated heterocycles. The van der Waals surface area contributed by atoms with Gasteiger partial charge in [0.1, 0.15) is 17.2 Å². The number of carbonyl (C=O) groups excluding carboxylic acids is 2. The van der Waals surface area contributed by atoms with Gasteiger partial charge in [-0.1, -0.05) is 60.7 Å². The van der Waals surface area contributed by atoms with Crippen LogP contribution in [0.5, 0.6) is 11.5 Å². The monoisotopic (exact) mass is 479 g/mol. The molecule has 0 fully saturated rings. The van der Waals surface area contributed by atoms with E-state index in [1.165, 1.54) is 13.2 Å². The van der Waals surface area contributed by atoms with Gasteiger partial charge < -0.3 is 14.8 Å². The van der Waals surface area contributed by atoms with Crippen molar-refractivity contribution in [3.63, 3.8) is 0 Å². The molecule has 0 heterocycles. The molecule has 0 saturated carbocycles. The highest BCUT2D eigenvalue weighted by Gasteiger charge is 2.16. The second-order valence-electron chi connectivity index (χ2n) is 7.75. The standard InChI is InChI=1S/C29H25N3O4/c1-35-24-16-15-22(27(18-24)36-2)17-26(31-28(33)21-10-4-3-5-11-21)29(34)32-30-19-23-13-8-12-20-9-6-7-14-25(20)23/h3-19H,1-2H3,(H,31,33)(H,32,34). The topological polar surface area (TPSA) is 89.0 Å². The number of hydrogen-bond acceptors (Lipinski definition) is 5. The average Bonchev–Trinajstić information content (AvgIpc) is 2.93. The summed E-state index contributed by atoms with van der Waals surface area (Å²) in [6, 6.07) is 27.5. The van der Waals surface area contributed by atoms with Crippen molar-refractivity contribution >= 4 is 34.9 Å². The van der Waals surface area contributed by atoms with Crippen molar-refractivity contribution in [1.82, 2.24) is 10.7 Å². The van der Waals surface area contributed by atoms with Crippen LogP contribution in [0.15, 0.2) is 102 Å². The van der Waals surface area contributed by atoms with Crippen molar-refractivity contribution in [2.75, 3.05) is 14.2 Å². The minimum Gasteiger partial charge on any atom is -0.497 e. The van der Waals surface area contributed by atoms with E-state index in [9.17, 15) is 9.59 Å². The Kier molecular flexibility index (Phi) is 7.73. The summed E-state index contributed by atoms with van der Waals surface area (Å²) >= 11 is 0. The van der Waals surface area contributed by atoms with Gasteiger partial charge in [-0.3, -0.25) is 9.59 Å². The lowest BCUT2D eigenvalue weighted by molar-refractivity contribution is -0.117. The number of nitrogens with one attached hydrogen (secondary N) is 2. The zero-order chi connectivity index (χ0) is 25.3. The predicted octanol–water partition coefficient (Wildman–Crippen LogP) is 4.78. The van der Waals surface area contributed by atoms with Gasteiger partial charge in [0, 0.05) is 22.8 Å². The van der Waals surface area contributed by atoms with Crippen LogP contribution in [0.2, 0.25) is 0 Å². The zero-order valence-electron chi connectivity index (χ0n) is 19.9. The Morgan fingerprint density at radius 2 is 1.56 bits per heavy atom. The second-order valence-corrected chi connectivity index (χ2v) is 7.75. The Bertz CT molecular complexity index is 1440. The van der Waals surface area contributed by atoms with Crippen molar-refractivity contribution in [3.8, 4) is 11.5 Å². The first-order chi connectivity index (χ1) is 17.6. The van der Waals surface area contributed by atoms with Gasteiger partial charge in [0.15, 0.2) is 0 Å². The van der Waals surface area contributed by atoms with E-state index in [4.69, 9.17) is 9.47 Å². The van der Waals surface area contributed by atoms with E-state index >= 15 is 0 Å². The molecule has 0 aromatic heterocycles. The molecule has 2 amide bonds. The predicted molar refractivity (Wildman–Crippen MR) is 141 cm³/mol. The zero-order valence-corrected chi connectivity index (χ0v) is 19.9. The number of benzene rings is 4. The van der Waals surface area contributed by atoms with Crippen LogP contribution >= 0.6 is 0 Å². The molecular weight excluding hydrogens is 454 g/mol. The first-order valence-electron chi connectivity index (χ1n) is 11.2. The first-order valence-corrected chi connectivity index (χ1v) is 11.2. The van der Waals surface area contributed by atoms with Crippen molar-refractivity contribution in [2.45, 2.75) is 0 Å². The van der Waals surface area contributed by atoms with Gasteiger partial charge in [0.05, 0.1) is 20.4 Å². The maximum Gasteiger partial charge on any atom is 0.287 e. The SMILES string of the molecule is COc1ccc(C=C(NC(=O)c2ccccc2)C(=O)NN=Cc2cccc3ccccc23)c(OC)c1. The van der Waals surface area contributed by atoms with Crippen molar-refractivity contribution in [2.24, 2.45) is 5.10 Å². The summed E-state index contributed by atoms with van der Waals surface area (Å²) in [6.07, 6.45) is 3.10. The molecule has 4 rings (SSSR count). The van der Waals surface area contributed by atoms with Gasteiger partial charge in [-0.05, 0) is 41.1 Å². The molecule has 0 radical (unpaired) electrons. The normalized spacial score (nSPS) is 11.3. The van der Waals surface area contributed by atoms with Crippen LogP contribution < -0.4 is 20.2 Å². The molecule has 0 spiro atoms. The molecule has 4 aromatic rings. The summed E-state index contributed by atoms with van der Waals surface area (Å²) in [5.41, 5.74) is 4.36. The third kappa shape index (κ3) is 5.77. The van der Waals surface area contributed by atoms with Gasteiger partial charge in [-0.15, -0.1) is 0 Å². The Hall–Kier alpha value is -4.91.